The lowest BCUT2D eigenvalue weighted by Crippen LogP contribution is -2.36. The molecule has 5 heteroatoms. The number of rotatable bonds is 5. The zero-order valence-electron chi connectivity index (χ0n) is 14.7. The highest BCUT2D eigenvalue weighted by Crippen LogP contribution is 2.27. The molecule has 1 aromatic heterocycles. The van der Waals surface area contributed by atoms with Crippen molar-refractivity contribution in [3.8, 4) is 0 Å². The van der Waals surface area contributed by atoms with Gasteiger partial charge in [-0.05, 0) is 17.7 Å². The van der Waals surface area contributed by atoms with Crippen molar-refractivity contribution in [1.82, 2.24) is 9.97 Å². The molecule has 1 fully saturated rings. The van der Waals surface area contributed by atoms with Crippen LogP contribution in [0.4, 0.5) is 17.3 Å². The van der Waals surface area contributed by atoms with E-state index >= 15 is 0 Å². The molecule has 2 heterocycles. The summed E-state index contributed by atoms with van der Waals surface area (Å²) in [7, 11) is 0. The van der Waals surface area contributed by atoms with Crippen LogP contribution in [0.5, 0.6) is 0 Å². The number of benzene rings is 2. The fourth-order valence-electron chi connectivity index (χ4n) is 3.13. The van der Waals surface area contributed by atoms with Crippen molar-refractivity contribution in [1.29, 1.82) is 0 Å². The Kier molecular flexibility index (Phi) is 5.07. The minimum atomic E-state index is 0.742. The predicted molar refractivity (Wildman–Crippen MR) is 104 cm³/mol. The van der Waals surface area contributed by atoms with Gasteiger partial charge in [-0.3, -0.25) is 0 Å². The molecule has 0 amide bonds. The van der Waals surface area contributed by atoms with E-state index in [1.54, 1.807) is 6.33 Å². The van der Waals surface area contributed by atoms with E-state index in [0.29, 0.717) is 0 Å². The third-order valence-corrected chi connectivity index (χ3v) is 4.50. The van der Waals surface area contributed by atoms with Crippen molar-refractivity contribution in [3.63, 3.8) is 0 Å². The van der Waals surface area contributed by atoms with E-state index in [2.05, 4.69) is 74.4 Å². The van der Waals surface area contributed by atoms with Crippen LogP contribution < -0.4 is 9.80 Å². The molecule has 132 valence electrons. The van der Waals surface area contributed by atoms with Gasteiger partial charge in [0.25, 0.3) is 0 Å². The summed E-state index contributed by atoms with van der Waals surface area (Å²) in [6, 6.07) is 22.9. The summed E-state index contributed by atoms with van der Waals surface area (Å²) in [4.78, 5) is 13.5. The third kappa shape index (κ3) is 3.83. The van der Waals surface area contributed by atoms with Crippen molar-refractivity contribution in [3.05, 3.63) is 78.6 Å². The topological polar surface area (TPSA) is 41.5 Å². The molecule has 0 unspecified atom stereocenters. The summed E-state index contributed by atoms with van der Waals surface area (Å²) in [5, 5.41) is 0. The average Bonchev–Trinajstić information content (AvgIpc) is 2.74. The number of hydrogen-bond donors (Lipinski definition) is 0. The predicted octanol–water partition coefficient (Wildman–Crippen LogP) is 3.65. The van der Waals surface area contributed by atoms with Crippen LogP contribution in [0.2, 0.25) is 0 Å². The zero-order chi connectivity index (χ0) is 17.6. The molecule has 0 N–H and O–H groups in total. The highest BCUT2D eigenvalue weighted by Gasteiger charge is 2.16. The molecule has 26 heavy (non-hydrogen) atoms. The Labute approximate surface area is 153 Å². The molecule has 4 rings (SSSR count). The first-order chi connectivity index (χ1) is 12.9. The Bertz CT molecular complexity index is 820. The van der Waals surface area contributed by atoms with Gasteiger partial charge in [-0.2, -0.15) is 0 Å². The van der Waals surface area contributed by atoms with Gasteiger partial charge in [0, 0.05) is 31.4 Å². The number of anilines is 3. The SMILES string of the molecule is c1ccc(CN(c2ccccc2)c2cc(N3CCOCC3)ncn2)cc1. The van der Waals surface area contributed by atoms with Gasteiger partial charge >= 0.3 is 0 Å². The molecule has 0 aliphatic carbocycles. The van der Waals surface area contributed by atoms with Crippen LogP contribution in [0.15, 0.2) is 73.1 Å². The maximum absolute atomic E-state index is 5.45. The standard InChI is InChI=1S/C21H22N4O/c1-3-7-18(8-4-1)16-25(19-9-5-2-6-10-19)21-15-20(22-17-23-21)24-11-13-26-14-12-24/h1-10,15,17H,11-14,16H2. The maximum atomic E-state index is 5.45. The van der Waals surface area contributed by atoms with Crippen molar-refractivity contribution in [2.75, 3.05) is 36.1 Å². The van der Waals surface area contributed by atoms with Crippen LogP contribution in [-0.4, -0.2) is 36.3 Å². The molecule has 0 spiro atoms. The minimum Gasteiger partial charge on any atom is -0.378 e. The van der Waals surface area contributed by atoms with Crippen LogP contribution >= 0.6 is 0 Å². The summed E-state index contributed by atoms with van der Waals surface area (Å²) in [5.41, 5.74) is 2.35. The average molecular weight is 346 g/mol. The Morgan fingerprint density at radius 3 is 2.31 bits per heavy atom. The van der Waals surface area contributed by atoms with E-state index in [0.717, 1.165) is 50.2 Å². The number of aromatic nitrogens is 2. The number of para-hydroxylation sites is 1. The van der Waals surface area contributed by atoms with Gasteiger partial charge in [0.1, 0.15) is 18.0 Å². The van der Waals surface area contributed by atoms with Crippen LogP contribution in [0.3, 0.4) is 0 Å². The molecular formula is C21H22N4O. The number of morpholine rings is 1. The summed E-state index contributed by atoms with van der Waals surface area (Å²) < 4.78 is 5.45. The monoisotopic (exact) mass is 346 g/mol. The highest BCUT2D eigenvalue weighted by molar-refractivity contribution is 5.62. The first-order valence-electron chi connectivity index (χ1n) is 8.91. The second-order valence-electron chi connectivity index (χ2n) is 6.24. The number of ether oxygens (including phenoxy) is 1. The summed E-state index contributed by atoms with van der Waals surface area (Å²) in [5.74, 6) is 1.85. The van der Waals surface area contributed by atoms with E-state index < -0.39 is 0 Å². The summed E-state index contributed by atoms with van der Waals surface area (Å²) in [6.45, 7) is 3.96. The Morgan fingerprint density at radius 2 is 1.58 bits per heavy atom. The smallest absolute Gasteiger partial charge is 0.138 e. The fraction of sp³-hybridized carbons (Fsp3) is 0.238. The molecule has 0 bridgehead atoms. The molecule has 0 atom stereocenters. The Balaban J connectivity index is 1.67. The molecule has 1 saturated heterocycles. The summed E-state index contributed by atoms with van der Waals surface area (Å²) in [6.07, 6.45) is 1.65. The lowest BCUT2D eigenvalue weighted by molar-refractivity contribution is 0.122. The van der Waals surface area contributed by atoms with E-state index in [9.17, 15) is 0 Å². The molecular weight excluding hydrogens is 324 g/mol. The molecule has 1 aliphatic heterocycles. The second kappa shape index (κ2) is 7.97. The van der Waals surface area contributed by atoms with Crippen molar-refractivity contribution < 1.29 is 4.74 Å². The van der Waals surface area contributed by atoms with Gasteiger partial charge in [-0.1, -0.05) is 48.5 Å². The normalized spacial score (nSPS) is 14.2. The first-order valence-corrected chi connectivity index (χ1v) is 8.91. The van der Waals surface area contributed by atoms with Crippen LogP contribution in [0.25, 0.3) is 0 Å². The lowest BCUT2D eigenvalue weighted by Gasteiger charge is -2.29. The highest BCUT2D eigenvalue weighted by atomic mass is 16.5. The lowest BCUT2D eigenvalue weighted by atomic mass is 10.2. The molecule has 3 aromatic rings. The van der Waals surface area contributed by atoms with Crippen LogP contribution in [-0.2, 0) is 11.3 Å². The fourth-order valence-corrected chi connectivity index (χ4v) is 3.13. The molecule has 5 nitrogen and oxygen atoms in total. The minimum absolute atomic E-state index is 0.742. The van der Waals surface area contributed by atoms with Crippen LogP contribution in [0.1, 0.15) is 5.56 Å². The van der Waals surface area contributed by atoms with E-state index in [1.807, 2.05) is 12.1 Å². The van der Waals surface area contributed by atoms with Gasteiger partial charge < -0.3 is 14.5 Å². The Morgan fingerprint density at radius 1 is 0.885 bits per heavy atom. The van der Waals surface area contributed by atoms with Crippen molar-refractivity contribution in [2.24, 2.45) is 0 Å². The zero-order valence-corrected chi connectivity index (χ0v) is 14.7. The quantitative estimate of drug-likeness (QED) is 0.705. The van der Waals surface area contributed by atoms with Crippen molar-refractivity contribution >= 4 is 17.3 Å². The van der Waals surface area contributed by atoms with E-state index in [1.165, 1.54) is 5.56 Å². The molecule has 0 radical (unpaired) electrons. The van der Waals surface area contributed by atoms with E-state index in [-0.39, 0.29) is 0 Å². The number of nitrogens with zero attached hydrogens (tertiary/aromatic N) is 4. The van der Waals surface area contributed by atoms with E-state index in [4.69, 9.17) is 4.74 Å². The molecule has 1 aliphatic rings. The van der Waals surface area contributed by atoms with Gasteiger partial charge in [-0.25, -0.2) is 9.97 Å². The molecule has 2 aromatic carbocycles. The third-order valence-electron chi connectivity index (χ3n) is 4.50. The number of hydrogen-bond acceptors (Lipinski definition) is 5. The molecule has 0 saturated carbocycles. The Hall–Kier alpha value is -2.92. The largest absolute Gasteiger partial charge is 0.378 e. The maximum Gasteiger partial charge on any atom is 0.138 e. The first kappa shape index (κ1) is 16.5. The van der Waals surface area contributed by atoms with Gasteiger partial charge in [0.15, 0.2) is 0 Å². The second-order valence-corrected chi connectivity index (χ2v) is 6.24. The van der Waals surface area contributed by atoms with Gasteiger partial charge in [-0.15, -0.1) is 0 Å². The van der Waals surface area contributed by atoms with Gasteiger partial charge in [0.05, 0.1) is 13.2 Å². The van der Waals surface area contributed by atoms with Crippen LogP contribution in [0, 0.1) is 0 Å². The van der Waals surface area contributed by atoms with Gasteiger partial charge in [0.2, 0.25) is 0 Å². The summed E-state index contributed by atoms with van der Waals surface area (Å²) >= 11 is 0. The van der Waals surface area contributed by atoms with Crippen molar-refractivity contribution in [2.45, 2.75) is 6.54 Å².